The van der Waals surface area contributed by atoms with Gasteiger partial charge in [0.2, 0.25) is 5.91 Å². The van der Waals surface area contributed by atoms with Crippen LogP contribution in [0.3, 0.4) is 0 Å². The molecule has 0 aromatic heterocycles. The summed E-state index contributed by atoms with van der Waals surface area (Å²) in [5.74, 6) is 0.463. The normalized spacial score (nSPS) is 11.6. The molecule has 0 fully saturated rings. The number of benzene rings is 1. The molecular weight excluding hydrogens is 272 g/mol. The van der Waals surface area contributed by atoms with Crippen molar-refractivity contribution in [3.8, 4) is 5.75 Å². The monoisotopic (exact) mass is 294 g/mol. The molecule has 0 bridgehead atoms. The number of anilines is 1. The Morgan fingerprint density at radius 2 is 2.05 bits per heavy atom. The summed E-state index contributed by atoms with van der Waals surface area (Å²) in [5.41, 5.74) is 1.52. The average Bonchev–Trinajstić information content (AvgIpc) is 2.48. The predicted molar refractivity (Wildman–Crippen MR) is 80.7 cm³/mol. The van der Waals surface area contributed by atoms with Gasteiger partial charge in [0, 0.05) is 19.8 Å². The molecule has 0 radical (unpaired) electrons. The van der Waals surface area contributed by atoms with Crippen molar-refractivity contribution in [3.05, 3.63) is 23.8 Å². The fourth-order valence-electron chi connectivity index (χ4n) is 1.80. The smallest absolute Gasteiger partial charge is 0.410 e. The van der Waals surface area contributed by atoms with Crippen LogP contribution in [0.25, 0.3) is 0 Å². The van der Waals surface area contributed by atoms with Gasteiger partial charge in [0.15, 0.2) is 0 Å². The SMILES string of the molecule is CCC(C)c1cc(NC(=O)COC)ccc1OC(=O)NC. The van der Waals surface area contributed by atoms with Gasteiger partial charge in [-0.25, -0.2) is 4.79 Å². The van der Waals surface area contributed by atoms with Crippen molar-refractivity contribution in [2.45, 2.75) is 26.2 Å². The van der Waals surface area contributed by atoms with E-state index in [4.69, 9.17) is 9.47 Å². The molecule has 2 N–H and O–H groups in total. The molecule has 1 unspecified atom stereocenters. The minimum atomic E-state index is -0.518. The number of hydrogen-bond donors (Lipinski definition) is 2. The third-order valence-corrected chi connectivity index (χ3v) is 3.12. The van der Waals surface area contributed by atoms with Crippen molar-refractivity contribution >= 4 is 17.7 Å². The Hall–Kier alpha value is -2.08. The van der Waals surface area contributed by atoms with E-state index >= 15 is 0 Å². The minimum absolute atomic E-state index is 0.00480. The highest BCUT2D eigenvalue weighted by Gasteiger charge is 2.14. The fourth-order valence-corrected chi connectivity index (χ4v) is 1.80. The Bertz CT molecular complexity index is 502. The van der Waals surface area contributed by atoms with E-state index in [1.807, 2.05) is 19.9 Å². The Balaban J connectivity index is 3.00. The van der Waals surface area contributed by atoms with Crippen LogP contribution >= 0.6 is 0 Å². The molecule has 0 heterocycles. The van der Waals surface area contributed by atoms with E-state index in [1.54, 1.807) is 12.1 Å². The first-order valence-corrected chi connectivity index (χ1v) is 6.84. The first-order valence-electron chi connectivity index (χ1n) is 6.84. The standard InChI is InChI=1S/C15H22N2O4/c1-5-10(2)12-8-11(17-14(18)9-20-4)6-7-13(12)21-15(19)16-3/h6-8,10H,5,9H2,1-4H3,(H,16,19)(H,17,18). The largest absolute Gasteiger partial charge is 0.412 e. The summed E-state index contributed by atoms with van der Waals surface area (Å²) < 4.78 is 10.0. The van der Waals surface area contributed by atoms with Gasteiger partial charge in [0.25, 0.3) is 0 Å². The molecule has 116 valence electrons. The van der Waals surface area contributed by atoms with Crippen molar-refractivity contribution in [3.63, 3.8) is 0 Å². The van der Waals surface area contributed by atoms with Crippen LogP contribution in [0.1, 0.15) is 31.7 Å². The number of amides is 2. The number of nitrogens with one attached hydrogen (secondary N) is 2. The summed E-state index contributed by atoms with van der Waals surface area (Å²) in [6.45, 7) is 4.08. The molecule has 2 amide bonds. The van der Waals surface area contributed by atoms with Crippen LogP contribution in [-0.2, 0) is 9.53 Å². The second-order valence-corrected chi connectivity index (χ2v) is 4.68. The van der Waals surface area contributed by atoms with Crippen molar-refractivity contribution in [2.24, 2.45) is 0 Å². The highest BCUT2D eigenvalue weighted by atomic mass is 16.6. The molecule has 6 nitrogen and oxygen atoms in total. The zero-order valence-electron chi connectivity index (χ0n) is 12.9. The lowest BCUT2D eigenvalue weighted by Gasteiger charge is -2.16. The second-order valence-electron chi connectivity index (χ2n) is 4.68. The first kappa shape index (κ1) is 17.0. The van der Waals surface area contributed by atoms with Gasteiger partial charge < -0.3 is 20.1 Å². The quantitative estimate of drug-likeness (QED) is 0.845. The summed E-state index contributed by atoms with van der Waals surface area (Å²) in [6.07, 6.45) is 0.371. The zero-order valence-corrected chi connectivity index (χ0v) is 12.9. The maximum atomic E-state index is 11.5. The number of hydrogen-bond acceptors (Lipinski definition) is 4. The third kappa shape index (κ3) is 5.07. The van der Waals surface area contributed by atoms with E-state index in [2.05, 4.69) is 10.6 Å². The Morgan fingerprint density at radius 1 is 1.33 bits per heavy atom. The number of rotatable bonds is 6. The number of carbonyl (C=O) groups is 2. The fraction of sp³-hybridized carbons (Fsp3) is 0.467. The van der Waals surface area contributed by atoms with Crippen LogP contribution < -0.4 is 15.4 Å². The summed E-state index contributed by atoms with van der Waals surface area (Å²) in [6, 6.07) is 5.19. The highest BCUT2D eigenvalue weighted by molar-refractivity contribution is 5.92. The van der Waals surface area contributed by atoms with Gasteiger partial charge in [-0.2, -0.15) is 0 Å². The lowest BCUT2D eigenvalue weighted by Crippen LogP contribution is -2.23. The first-order chi connectivity index (χ1) is 10.0. The second kappa shape index (κ2) is 8.26. The Kier molecular flexibility index (Phi) is 6.68. The van der Waals surface area contributed by atoms with Crippen LogP contribution in [0.4, 0.5) is 10.5 Å². The number of carbonyl (C=O) groups excluding carboxylic acids is 2. The predicted octanol–water partition coefficient (Wildman–Crippen LogP) is 2.50. The number of ether oxygens (including phenoxy) is 2. The van der Waals surface area contributed by atoms with Crippen LogP contribution in [0.5, 0.6) is 5.75 Å². The average molecular weight is 294 g/mol. The Morgan fingerprint density at radius 3 is 2.62 bits per heavy atom. The molecule has 1 aromatic carbocycles. The maximum Gasteiger partial charge on any atom is 0.412 e. The molecular formula is C15H22N2O4. The van der Waals surface area contributed by atoms with Gasteiger partial charge in [-0.15, -0.1) is 0 Å². The minimum Gasteiger partial charge on any atom is -0.410 e. The van der Waals surface area contributed by atoms with Crippen molar-refractivity contribution in [1.82, 2.24) is 5.32 Å². The molecule has 1 rings (SSSR count). The molecule has 1 atom stereocenters. The summed E-state index contributed by atoms with van der Waals surface area (Å²) >= 11 is 0. The molecule has 21 heavy (non-hydrogen) atoms. The van der Waals surface area contributed by atoms with Crippen molar-refractivity contribution in [2.75, 3.05) is 26.1 Å². The van der Waals surface area contributed by atoms with Gasteiger partial charge >= 0.3 is 6.09 Å². The van der Waals surface area contributed by atoms with Crippen LogP contribution in [-0.4, -0.2) is 32.8 Å². The summed E-state index contributed by atoms with van der Waals surface area (Å²) in [7, 11) is 2.97. The van der Waals surface area contributed by atoms with Crippen molar-refractivity contribution < 1.29 is 19.1 Å². The molecule has 0 spiro atoms. The summed E-state index contributed by atoms with van der Waals surface area (Å²) in [5, 5.41) is 5.15. The Labute approximate surface area is 124 Å². The molecule has 0 aliphatic rings. The molecule has 0 saturated carbocycles. The molecule has 0 aliphatic carbocycles. The van der Waals surface area contributed by atoms with E-state index in [0.29, 0.717) is 11.4 Å². The van der Waals surface area contributed by atoms with Crippen LogP contribution in [0.2, 0.25) is 0 Å². The van der Waals surface area contributed by atoms with Gasteiger partial charge in [-0.3, -0.25) is 4.79 Å². The maximum absolute atomic E-state index is 11.5. The lowest BCUT2D eigenvalue weighted by molar-refractivity contribution is -0.119. The van der Waals surface area contributed by atoms with Crippen LogP contribution in [0, 0.1) is 0 Å². The lowest BCUT2D eigenvalue weighted by atomic mass is 9.97. The molecule has 0 aliphatic heterocycles. The van der Waals surface area contributed by atoms with Gasteiger partial charge in [0.1, 0.15) is 12.4 Å². The zero-order chi connectivity index (χ0) is 15.8. The van der Waals surface area contributed by atoms with E-state index in [9.17, 15) is 9.59 Å². The summed E-state index contributed by atoms with van der Waals surface area (Å²) in [4.78, 5) is 22.9. The molecule has 0 saturated heterocycles. The van der Waals surface area contributed by atoms with E-state index in [0.717, 1.165) is 12.0 Å². The molecule has 6 heteroatoms. The van der Waals surface area contributed by atoms with Crippen LogP contribution in [0.15, 0.2) is 18.2 Å². The van der Waals surface area contributed by atoms with E-state index in [1.165, 1.54) is 14.2 Å². The van der Waals surface area contributed by atoms with Crippen molar-refractivity contribution in [1.29, 1.82) is 0 Å². The molecule has 1 aromatic rings. The topological polar surface area (TPSA) is 76.7 Å². The van der Waals surface area contributed by atoms with E-state index < -0.39 is 6.09 Å². The van der Waals surface area contributed by atoms with Gasteiger partial charge in [-0.05, 0) is 36.1 Å². The third-order valence-electron chi connectivity index (χ3n) is 3.12. The van der Waals surface area contributed by atoms with E-state index in [-0.39, 0.29) is 18.4 Å². The number of methoxy groups -OCH3 is 1. The van der Waals surface area contributed by atoms with Gasteiger partial charge in [-0.1, -0.05) is 13.8 Å². The van der Waals surface area contributed by atoms with Gasteiger partial charge in [0.05, 0.1) is 0 Å². The highest BCUT2D eigenvalue weighted by Crippen LogP contribution is 2.31.